The first-order valence-electron chi connectivity index (χ1n) is 6.42. The van der Waals surface area contributed by atoms with Crippen molar-refractivity contribution in [3.05, 3.63) is 52.1 Å². The maximum atomic E-state index is 6.10. The molecule has 0 saturated heterocycles. The van der Waals surface area contributed by atoms with Gasteiger partial charge in [0, 0.05) is 10.7 Å². The highest BCUT2D eigenvalue weighted by Gasteiger charge is 2.17. The van der Waals surface area contributed by atoms with Crippen LogP contribution >= 0.6 is 15.9 Å². The van der Waals surface area contributed by atoms with Crippen LogP contribution in [0.3, 0.4) is 0 Å². The molecular formula is C15H15BrN4. The standard InChI is InChI=1S/C15H15BrN4/c1-9-6-7-18-14-13(9)19-15(17)20(14)10(2)11-4-3-5-12(16)8-11/h3-8,10H,1-2H3,(H2,17,19). The van der Waals surface area contributed by atoms with E-state index in [0.29, 0.717) is 5.95 Å². The first kappa shape index (κ1) is 13.1. The number of hydrogen-bond donors (Lipinski definition) is 1. The number of fused-ring (bicyclic) bond motifs is 1. The largest absolute Gasteiger partial charge is 0.369 e. The monoisotopic (exact) mass is 330 g/mol. The normalized spacial score (nSPS) is 12.8. The predicted octanol–water partition coefficient (Wildman–Crippen LogP) is 3.69. The van der Waals surface area contributed by atoms with E-state index in [2.05, 4.69) is 45.0 Å². The van der Waals surface area contributed by atoms with Crippen LogP contribution in [0.2, 0.25) is 0 Å². The fourth-order valence-corrected chi connectivity index (χ4v) is 2.84. The summed E-state index contributed by atoms with van der Waals surface area (Å²) in [5.41, 5.74) is 10.0. The molecule has 0 aliphatic rings. The Kier molecular flexibility index (Phi) is 3.22. The van der Waals surface area contributed by atoms with E-state index < -0.39 is 0 Å². The smallest absolute Gasteiger partial charge is 0.203 e. The lowest BCUT2D eigenvalue weighted by Crippen LogP contribution is -2.10. The van der Waals surface area contributed by atoms with Gasteiger partial charge in [-0.2, -0.15) is 0 Å². The number of rotatable bonds is 2. The molecule has 0 aliphatic heterocycles. The van der Waals surface area contributed by atoms with Gasteiger partial charge in [-0.05, 0) is 43.2 Å². The topological polar surface area (TPSA) is 56.7 Å². The van der Waals surface area contributed by atoms with E-state index in [-0.39, 0.29) is 6.04 Å². The summed E-state index contributed by atoms with van der Waals surface area (Å²) in [5.74, 6) is 0.495. The Bertz CT molecular complexity index is 779. The minimum Gasteiger partial charge on any atom is -0.369 e. The van der Waals surface area contributed by atoms with Crippen molar-refractivity contribution in [2.75, 3.05) is 5.73 Å². The average Bonchev–Trinajstić information content (AvgIpc) is 2.76. The van der Waals surface area contributed by atoms with E-state index in [1.807, 2.05) is 29.7 Å². The average molecular weight is 331 g/mol. The molecule has 1 aromatic carbocycles. The highest BCUT2D eigenvalue weighted by atomic mass is 79.9. The van der Waals surface area contributed by atoms with Crippen molar-refractivity contribution in [3.63, 3.8) is 0 Å². The van der Waals surface area contributed by atoms with Gasteiger partial charge in [0.25, 0.3) is 0 Å². The molecule has 20 heavy (non-hydrogen) atoms. The van der Waals surface area contributed by atoms with Crippen molar-refractivity contribution in [2.24, 2.45) is 0 Å². The Morgan fingerprint density at radius 3 is 2.85 bits per heavy atom. The van der Waals surface area contributed by atoms with Crippen LogP contribution in [0.15, 0.2) is 41.0 Å². The molecule has 0 radical (unpaired) electrons. The molecule has 2 N–H and O–H groups in total. The van der Waals surface area contributed by atoms with E-state index in [1.54, 1.807) is 6.20 Å². The third-order valence-corrected chi connectivity index (χ3v) is 4.02. The van der Waals surface area contributed by atoms with Gasteiger partial charge in [0.1, 0.15) is 5.52 Å². The highest BCUT2D eigenvalue weighted by Crippen LogP contribution is 2.28. The second-order valence-corrected chi connectivity index (χ2v) is 5.79. The van der Waals surface area contributed by atoms with Crippen molar-refractivity contribution in [2.45, 2.75) is 19.9 Å². The summed E-state index contributed by atoms with van der Waals surface area (Å²) in [7, 11) is 0. The van der Waals surface area contributed by atoms with Crippen molar-refractivity contribution in [3.8, 4) is 0 Å². The molecule has 3 rings (SSSR count). The molecule has 2 aromatic heterocycles. The number of nitrogens with zero attached hydrogens (tertiary/aromatic N) is 3. The van der Waals surface area contributed by atoms with Gasteiger partial charge in [-0.15, -0.1) is 0 Å². The van der Waals surface area contributed by atoms with E-state index in [4.69, 9.17) is 5.73 Å². The van der Waals surface area contributed by atoms with Crippen molar-refractivity contribution in [1.82, 2.24) is 14.5 Å². The van der Waals surface area contributed by atoms with Gasteiger partial charge in [0.2, 0.25) is 5.95 Å². The van der Waals surface area contributed by atoms with Crippen LogP contribution < -0.4 is 5.73 Å². The van der Waals surface area contributed by atoms with Crippen molar-refractivity contribution >= 4 is 33.0 Å². The summed E-state index contributed by atoms with van der Waals surface area (Å²) in [4.78, 5) is 8.89. The minimum absolute atomic E-state index is 0.0757. The quantitative estimate of drug-likeness (QED) is 0.779. The zero-order chi connectivity index (χ0) is 14.3. The molecule has 4 nitrogen and oxygen atoms in total. The summed E-state index contributed by atoms with van der Waals surface area (Å²) in [5, 5.41) is 0. The van der Waals surface area contributed by atoms with E-state index in [9.17, 15) is 0 Å². The van der Waals surface area contributed by atoms with E-state index in [1.165, 1.54) is 0 Å². The molecule has 0 aliphatic carbocycles. The maximum Gasteiger partial charge on any atom is 0.203 e. The van der Waals surface area contributed by atoms with Crippen LogP contribution in [0.4, 0.5) is 5.95 Å². The SMILES string of the molecule is Cc1ccnc2c1nc(N)n2C(C)c1cccc(Br)c1. The second-order valence-electron chi connectivity index (χ2n) is 4.87. The van der Waals surface area contributed by atoms with Gasteiger partial charge in [-0.3, -0.25) is 4.57 Å². The summed E-state index contributed by atoms with van der Waals surface area (Å²) >= 11 is 3.50. The molecule has 0 fully saturated rings. The first-order valence-corrected chi connectivity index (χ1v) is 7.21. The number of aromatic nitrogens is 3. The summed E-state index contributed by atoms with van der Waals surface area (Å²) in [6.07, 6.45) is 1.79. The summed E-state index contributed by atoms with van der Waals surface area (Å²) in [6.45, 7) is 4.12. The number of nitrogen functional groups attached to an aromatic ring is 1. The Morgan fingerprint density at radius 1 is 1.30 bits per heavy atom. The molecule has 3 aromatic rings. The molecule has 0 saturated carbocycles. The zero-order valence-electron chi connectivity index (χ0n) is 11.3. The highest BCUT2D eigenvalue weighted by molar-refractivity contribution is 9.10. The van der Waals surface area contributed by atoms with Crippen molar-refractivity contribution in [1.29, 1.82) is 0 Å². The van der Waals surface area contributed by atoms with Crippen molar-refractivity contribution < 1.29 is 0 Å². The summed E-state index contributed by atoms with van der Waals surface area (Å²) < 4.78 is 3.03. The van der Waals surface area contributed by atoms with Crippen LogP contribution in [-0.2, 0) is 0 Å². The van der Waals surface area contributed by atoms with E-state index >= 15 is 0 Å². The molecule has 2 heterocycles. The molecule has 0 amide bonds. The van der Waals surface area contributed by atoms with Gasteiger partial charge in [-0.1, -0.05) is 28.1 Å². The molecule has 1 unspecified atom stereocenters. The van der Waals surface area contributed by atoms with Gasteiger partial charge >= 0.3 is 0 Å². The van der Waals surface area contributed by atoms with E-state index in [0.717, 1.165) is 26.8 Å². The molecular weight excluding hydrogens is 316 g/mol. The van der Waals surface area contributed by atoms with Gasteiger partial charge in [-0.25, -0.2) is 9.97 Å². The number of pyridine rings is 1. The molecule has 0 spiro atoms. The van der Waals surface area contributed by atoms with Crippen LogP contribution in [0, 0.1) is 6.92 Å². The van der Waals surface area contributed by atoms with Gasteiger partial charge < -0.3 is 5.73 Å². The number of halogens is 1. The van der Waals surface area contributed by atoms with Gasteiger partial charge in [0.05, 0.1) is 6.04 Å². The predicted molar refractivity (Wildman–Crippen MR) is 84.6 cm³/mol. The number of anilines is 1. The Morgan fingerprint density at radius 2 is 2.10 bits per heavy atom. The second kappa shape index (κ2) is 4.90. The van der Waals surface area contributed by atoms with Crippen LogP contribution in [0.1, 0.15) is 24.1 Å². The lowest BCUT2D eigenvalue weighted by molar-refractivity contribution is 0.662. The number of aryl methyl sites for hydroxylation is 1. The molecule has 1 atom stereocenters. The fourth-order valence-electron chi connectivity index (χ4n) is 2.42. The molecule has 0 bridgehead atoms. The van der Waals surface area contributed by atoms with Crippen LogP contribution in [0.25, 0.3) is 11.2 Å². The number of imidazole rings is 1. The fraction of sp³-hybridized carbons (Fsp3) is 0.200. The Hall–Kier alpha value is -1.88. The lowest BCUT2D eigenvalue weighted by atomic mass is 10.1. The molecule has 5 heteroatoms. The first-order chi connectivity index (χ1) is 9.58. The summed E-state index contributed by atoms with van der Waals surface area (Å²) in [6, 6.07) is 10.2. The molecule has 102 valence electrons. The third kappa shape index (κ3) is 2.08. The minimum atomic E-state index is 0.0757. The Balaban J connectivity index is 2.19. The number of benzene rings is 1. The van der Waals surface area contributed by atoms with Crippen LogP contribution in [0.5, 0.6) is 0 Å². The number of hydrogen-bond acceptors (Lipinski definition) is 3. The number of nitrogens with two attached hydrogens (primary N) is 1. The van der Waals surface area contributed by atoms with Gasteiger partial charge in [0.15, 0.2) is 5.65 Å². The van der Waals surface area contributed by atoms with Crippen LogP contribution in [-0.4, -0.2) is 14.5 Å². The maximum absolute atomic E-state index is 6.10. The zero-order valence-corrected chi connectivity index (χ0v) is 12.9. The lowest BCUT2D eigenvalue weighted by Gasteiger charge is -2.16. The third-order valence-electron chi connectivity index (χ3n) is 3.53. The Labute approximate surface area is 125 Å².